The molecule has 1 aliphatic rings. The summed E-state index contributed by atoms with van der Waals surface area (Å²) in [6.07, 6.45) is 0.335. The van der Waals surface area contributed by atoms with Crippen LogP contribution in [0.5, 0.6) is 0 Å². The largest absolute Gasteiger partial charge is 0.240 e. The normalized spacial score (nSPS) is 22.3. The summed E-state index contributed by atoms with van der Waals surface area (Å²) in [5.41, 5.74) is 1.000. The molecule has 5 nitrogen and oxygen atoms in total. The van der Waals surface area contributed by atoms with Crippen LogP contribution < -0.4 is 4.72 Å². The predicted octanol–water partition coefficient (Wildman–Crippen LogP) is 1.45. The zero-order chi connectivity index (χ0) is 15.9. The Bertz CT molecular complexity index is 713. The first-order valence-corrected chi connectivity index (χ1v) is 10.1. The number of hydrogen-bond donors (Lipinski definition) is 1. The van der Waals surface area contributed by atoms with Gasteiger partial charge in [-0.1, -0.05) is 32.9 Å². The minimum atomic E-state index is -3.67. The third-order valence-corrected chi connectivity index (χ3v) is 6.89. The summed E-state index contributed by atoms with van der Waals surface area (Å²) >= 11 is 0. The fraction of sp³-hybridized carbons (Fsp3) is 0.571. The number of sulfonamides is 1. The van der Waals surface area contributed by atoms with E-state index < -0.39 is 25.9 Å². The first-order valence-electron chi connectivity index (χ1n) is 6.83. The van der Waals surface area contributed by atoms with E-state index in [1.165, 1.54) is 0 Å². The second-order valence-electron chi connectivity index (χ2n) is 6.50. The SMILES string of the molecule is CC(C)(C)c1ccc(S(=O)(=O)N[C@H]2CCS(=O)(=O)C2)cc1. The van der Waals surface area contributed by atoms with Gasteiger partial charge >= 0.3 is 0 Å². The lowest BCUT2D eigenvalue weighted by Crippen LogP contribution is -2.35. The molecule has 1 N–H and O–H groups in total. The van der Waals surface area contributed by atoms with Crippen molar-refractivity contribution in [3.8, 4) is 0 Å². The van der Waals surface area contributed by atoms with E-state index in [0.717, 1.165) is 5.56 Å². The maximum absolute atomic E-state index is 12.3. The predicted molar refractivity (Wildman–Crippen MR) is 82.5 cm³/mol. The molecule has 1 saturated heterocycles. The number of rotatable bonds is 3. The van der Waals surface area contributed by atoms with Gasteiger partial charge in [0.1, 0.15) is 0 Å². The van der Waals surface area contributed by atoms with Crippen LogP contribution in [0, 0.1) is 0 Å². The fourth-order valence-corrected chi connectivity index (χ4v) is 5.36. The molecule has 118 valence electrons. The van der Waals surface area contributed by atoms with Gasteiger partial charge in [0.15, 0.2) is 9.84 Å². The molecule has 0 spiro atoms. The lowest BCUT2D eigenvalue weighted by atomic mass is 9.87. The molecule has 2 rings (SSSR count). The summed E-state index contributed by atoms with van der Waals surface area (Å²) in [7, 11) is -6.77. The van der Waals surface area contributed by atoms with Crippen LogP contribution in [0.2, 0.25) is 0 Å². The Balaban J connectivity index is 2.17. The fourth-order valence-electron chi connectivity index (χ4n) is 2.31. The van der Waals surface area contributed by atoms with Gasteiger partial charge in [0.2, 0.25) is 10.0 Å². The minimum Gasteiger partial charge on any atom is -0.229 e. The molecule has 21 heavy (non-hydrogen) atoms. The first kappa shape index (κ1) is 16.5. The van der Waals surface area contributed by atoms with Gasteiger partial charge in [0.05, 0.1) is 16.4 Å². The average Bonchev–Trinajstić information content (AvgIpc) is 2.67. The van der Waals surface area contributed by atoms with E-state index in [1.54, 1.807) is 24.3 Å². The second kappa shape index (κ2) is 5.37. The maximum atomic E-state index is 12.3. The van der Waals surface area contributed by atoms with Crippen molar-refractivity contribution in [3.63, 3.8) is 0 Å². The lowest BCUT2D eigenvalue weighted by molar-refractivity contribution is 0.561. The number of benzene rings is 1. The van der Waals surface area contributed by atoms with E-state index in [9.17, 15) is 16.8 Å². The third kappa shape index (κ3) is 4.05. The van der Waals surface area contributed by atoms with Crippen molar-refractivity contribution >= 4 is 19.9 Å². The van der Waals surface area contributed by atoms with Gasteiger partial charge in [-0.2, -0.15) is 0 Å². The highest BCUT2D eigenvalue weighted by atomic mass is 32.2. The van der Waals surface area contributed by atoms with E-state index in [1.807, 2.05) is 0 Å². The summed E-state index contributed by atoms with van der Waals surface area (Å²) in [5.74, 6) is -0.0740. The molecular weight excluding hydrogens is 310 g/mol. The van der Waals surface area contributed by atoms with Crippen LogP contribution in [0.15, 0.2) is 29.2 Å². The zero-order valence-electron chi connectivity index (χ0n) is 12.5. The molecule has 1 aliphatic heterocycles. The molecule has 0 amide bonds. The summed E-state index contributed by atoms with van der Waals surface area (Å²) in [6.45, 7) is 6.16. The molecule has 7 heteroatoms. The monoisotopic (exact) mass is 331 g/mol. The smallest absolute Gasteiger partial charge is 0.229 e. The molecule has 0 bridgehead atoms. The topological polar surface area (TPSA) is 80.3 Å². The van der Waals surface area contributed by atoms with Crippen molar-refractivity contribution in [3.05, 3.63) is 29.8 Å². The Labute approximate surface area is 126 Å². The molecule has 1 atom stereocenters. The third-order valence-electron chi connectivity index (χ3n) is 3.58. The highest BCUT2D eigenvalue weighted by Crippen LogP contribution is 2.23. The van der Waals surface area contributed by atoms with Crippen LogP contribution in [-0.2, 0) is 25.3 Å². The molecule has 0 unspecified atom stereocenters. The van der Waals surface area contributed by atoms with Gasteiger partial charge < -0.3 is 0 Å². The Kier molecular flexibility index (Phi) is 4.21. The van der Waals surface area contributed by atoms with Crippen LogP contribution in [0.3, 0.4) is 0 Å². The highest BCUT2D eigenvalue weighted by Gasteiger charge is 2.31. The molecule has 1 heterocycles. The molecule has 0 saturated carbocycles. The summed E-state index contributed by atoms with van der Waals surface area (Å²) < 4.78 is 49.8. The maximum Gasteiger partial charge on any atom is 0.240 e. The van der Waals surface area contributed by atoms with E-state index in [0.29, 0.717) is 6.42 Å². The number of hydrogen-bond acceptors (Lipinski definition) is 4. The number of sulfone groups is 1. The molecule has 0 aliphatic carbocycles. The molecule has 1 aromatic rings. The van der Waals surface area contributed by atoms with Crippen LogP contribution in [0.1, 0.15) is 32.8 Å². The van der Waals surface area contributed by atoms with Crippen molar-refractivity contribution in [2.24, 2.45) is 0 Å². The standard InChI is InChI=1S/C14H21NO4S2/c1-14(2,3)11-4-6-13(7-5-11)21(18,19)15-12-8-9-20(16,17)10-12/h4-7,12,15H,8-10H2,1-3H3/t12-/m0/s1. The molecule has 1 aromatic carbocycles. The number of nitrogens with one attached hydrogen (secondary N) is 1. The highest BCUT2D eigenvalue weighted by molar-refractivity contribution is 7.92. The van der Waals surface area contributed by atoms with Gasteiger partial charge in [-0.05, 0) is 29.5 Å². The summed E-state index contributed by atoms with van der Waals surface area (Å²) in [5, 5.41) is 0. The van der Waals surface area contributed by atoms with Crippen molar-refractivity contribution in [2.75, 3.05) is 11.5 Å². The van der Waals surface area contributed by atoms with Gasteiger partial charge in [-0.15, -0.1) is 0 Å². The van der Waals surface area contributed by atoms with Gasteiger partial charge in [0.25, 0.3) is 0 Å². The Morgan fingerprint density at radius 2 is 1.71 bits per heavy atom. The van der Waals surface area contributed by atoms with Crippen LogP contribution in [0.25, 0.3) is 0 Å². The van der Waals surface area contributed by atoms with E-state index >= 15 is 0 Å². The zero-order valence-corrected chi connectivity index (χ0v) is 14.1. The van der Waals surface area contributed by atoms with E-state index in [4.69, 9.17) is 0 Å². The van der Waals surface area contributed by atoms with Crippen molar-refractivity contribution < 1.29 is 16.8 Å². The summed E-state index contributed by atoms with van der Waals surface area (Å²) in [4.78, 5) is 0.166. The Hall–Kier alpha value is -0.920. The minimum absolute atomic E-state index is 0.0448. The van der Waals surface area contributed by atoms with E-state index in [2.05, 4.69) is 25.5 Å². The van der Waals surface area contributed by atoms with Crippen LogP contribution >= 0.6 is 0 Å². The first-order chi connectivity index (χ1) is 9.50. The van der Waals surface area contributed by atoms with E-state index in [-0.39, 0.29) is 21.8 Å². The van der Waals surface area contributed by atoms with Crippen molar-refractivity contribution in [2.45, 2.75) is 43.5 Å². The average molecular weight is 331 g/mol. The quantitative estimate of drug-likeness (QED) is 0.909. The Morgan fingerprint density at radius 1 is 1.14 bits per heavy atom. The van der Waals surface area contributed by atoms with Gasteiger partial charge in [-0.25, -0.2) is 21.6 Å². The molecule has 1 fully saturated rings. The van der Waals surface area contributed by atoms with Crippen molar-refractivity contribution in [1.29, 1.82) is 0 Å². The van der Waals surface area contributed by atoms with Crippen molar-refractivity contribution in [1.82, 2.24) is 4.72 Å². The molecule has 0 aromatic heterocycles. The molecule has 0 radical (unpaired) electrons. The lowest BCUT2D eigenvalue weighted by Gasteiger charge is -2.19. The van der Waals surface area contributed by atoms with Gasteiger partial charge in [-0.3, -0.25) is 0 Å². The van der Waals surface area contributed by atoms with Crippen LogP contribution in [0.4, 0.5) is 0 Å². The second-order valence-corrected chi connectivity index (χ2v) is 10.4. The molecular formula is C14H21NO4S2. The van der Waals surface area contributed by atoms with Gasteiger partial charge in [0, 0.05) is 6.04 Å². The summed E-state index contributed by atoms with van der Waals surface area (Å²) in [6, 6.07) is 6.18. The Morgan fingerprint density at radius 3 is 2.14 bits per heavy atom. The van der Waals surface area contributed by atoms with Crippen LogP contribution in [-0.4, -0.2) is 34.4 Å².